The van der Waals surface area contributed by atoms with E-state index in [0.717, 1.165) is 53.3 Å². The van der Waals surface area contributed by atoms with Crippen molar-refractivity contribution in [1.82, 2.24) is 10.2 Å². The molecule has 1 unspecified atom stereocenters. The number of methoxy groups -OCH3 is 4. The molecule has 7 heteroatoms. The molecule has 1 aliphatic heterocycles. The number of halogens is 1. The number of ether oxygens (including phenoxy) is 4. The zero-order valence-corrected chi connectivity index (χ0v) is 18.3. The molecule has 1 heterocycles. The molecule has 0 amide bonds. The van der Waals surface area contributed by atoms with Gasteiger partial charge in [-0.25, -0.2) is 0 Å². The minimum absolute atomic E-state index is 0.0265. The summed E-state index contributed by atoms with van der Waals surface area (Å²) in [6, 6.07) is 9.89. The lowest BCUT2D eigenvalue weighted by molar-refractivity contribution is 0.194. The van der Waals surface area contributed by atoms with Gasteiger partial charge in [0.05, 0.1) is 34.5 Å². The molecule has 0 aromatic heterocycles. The van der Waals surface area contributed by atoms with Gasteiger partial charge < -0.3 is 24.3 Å². The van der Waals surface area contributed by atoms with E-state index < -0.39 is 0 Å². The van der Waals surface area contributed by atoms with Crippen molar-refractivity contribution in [2.75, 3.05) is 54.6 Å². The molecule has 1 atom stereocenters. The van der Waals surface area contributed by atoms with E-state index >= 15 is 0 Å². The van der Waals surface area contributed by atoms with E-state index in [1.807, 2.05) is 24.3 Å². The number of piperazine rings is 1. The molecule has 1 N–H and O–H groups in total. The summed E-state index contributed by atoms with van der Waals surface area (Å²) in [5, 5.41) is 3.43. The van der Waals surface area contributed by atoms with Crippen LogP contribution in [0, 0.1) is 0 Å². The Morgan fingerprint density at radius 3 is 2.07 bits per heavy atom. The van der Waals surface area contributed by atoms with Crippen LogP contribution in [0.25, 0.3) is 0 Å². The summed E-state index contributed by atoms with van der Waals surface area (Å²) in [6.45, 7) is 3.72. The van der Waals surface area contributed by atoms with Gasteiger partial charge in [0, 0.05) is 36.2 Å². The van der Waals surface area contributed by atoms with Crippen molar-refractivity contribution >= 4 is 15.9 Å². The van der Waals surface area contributed by atoms with Crippen molar-refractivity contribution in [2.24, 2.45) is 0 Å². The lowest BCUT2D eigenvalue weighted by atomic mass is 9.94. The summed E-state index contributed by atoms with van der Waals surface area (Å²) in [6.07, 6.45) is 0. The minimum Gasteiger partial charge on any atom is -0.497 e. The van der Waals surface area contributed by atoms with Crippen molar-refractivity contribution in [3.8, 4) is 23.0 Å². The van der Waals surface area contributed by atoms with Gasteiger partial charge in [-0.2, -0.15) is 0 Å². The molecule has 152 valence electrons. The molecule has 2 aromatic carbocycles. The van der Waals surface area contributed by atoms with Crippen molar-refractivity contribution in [3.05, 3.63) is 45.9 Å². The van der Waals surface area contributed by atoms with Crippen LogP contribution in [0.15, 0.2) is 34.8 Å². The van der Waals surface area contributed by atoms with Crippen LogP contribution in [0.1, 0.15) is 17.2 Å². The molecule has 0 aliphatic carbocycles. The molecule has 0 saturated carbocycles. The number of nitrogens with zero attached hydrogens (tertiary/aromatic N) is 1. The summed E-state index contributed by atoms with van der Waals surface area (Å²) < 4.78 is 23.2. The number of rotatable bonds is 7. The predicted molar refractivity (Wildman–Crippen MR) is 113 cm³/mol. The largest absolute Gasteiger partial charge is 0.497 e. The molecule has 1 saturated heterocycles. The average Bonchev–Trinajstić information content (AvgIpc) is 2.75. The molecule has 3 rings (SSSR count). The molecule has 1 fully saturated rings. The Balaban J connectivity index is 2.19. The van der Waals surface area contributed by atoms with Crippen LogP contribution in [0.3, 0.4) is 0 Å². The second-order valence-electron chi connectivity index (χ2n) is 6.53. The second kappa shape index (κ2) is 9.49. The van der Waals surface area contributed by atoms with Gasteiger partial charge in [-0.15, -0.1) is 0 Å². The van der Waals surface area contributed by atoms with Gasteiger partial charge in [0.2, 0.25) is 0 Å². The van der Waals surface area contributed by atoms with Crippen LogP contribution in [-0.4, -0.2) is 59.5 Å². The lowest BCUT2D eigenvalue weighted by Gasteiger charge is -2.36. The fourth-order valence-electron chi connectivity index (χ4n) is 3.63. The third-order valence-electron chi connectivity index (χ3n) is 5.05. The zero-order valence-electron chi connectivity index (χ0n) is 16.8. The SMILES string of the molecule is COc1ccc(OC)c(C(c2cc(OC)c(OC)cc2Br)N2CCNCC2)c1. The molecular weight excluding hydrogens is 424 g/mol. The van der Waals surface area contributed by atoms with E-state index in [0.29, 0.717) is 11.5 Å². The Bertz CT molecular complexity index is 809. The van der Waals surface area contributed by atoms with E-state index in [-0.39, 0.29) is 6.04 Å². The normalized spacial score (nSPS) is 15.8. The van der Waals surface area contributed by atoms with Crippen molar-refractivity contribution in [3.63, 3.8) is 0 Å². The van der Waals surface area contributed by atoms with Crippen molar-refractivity contribution in [2.45, 2.75) is 6.04 Å². The third kappa shape index (κ3) is 4.21. The summed E-state index contributed by atoms with van der Waals surface area (Å²) in [4.78, 5) is 2.44. The van der Waals surface area contributed by atoms with Crippen molar-refractivity contribution < 1.29 is 18.9 Å². The molecule has 0 bridgehead atoms. The van der Waals surface area contributed by atoms with Gasteiger partial charge in [0.25, 0.3) is 0 Å². The smallest absolute Gasteiger partial charge is 0.161 e. The fraction of sp³-hybridized carbons (Fsp3) is 0.429. The van der Waals surface area contributed by atoms with Crippen LogP contribution < -0.4 is 24.3 Å². The Morgan fingerprint density at radius 2 is 1.46 bits per heavy atom. The van der Waals surface area contributed by atoms with Crippen LogP contribution in [0.2, 0.25) is 0 Å². The van der Waals surface area contributed by atoms with Crippen LogP contribution in [0.5, 0.6) is 23.0 Å². The molecule has 2 aromatic rings. The summed E-state index contributed by atoms with van der Waals surface area (Å²) in [5.74, 6) is 3.01. The van der Waals surface area contributed by atoms with Crippen LogP contribution in [0.4, 0.5) is 0 Å². The van der Waals surface area contributed by atoms with Gasteiger partial charge in [0.1, 0.15) is 11.5 Å². The second-order valence-corrected chi connectivity index (χ2v) is 7.38. The summed E-state index contributed by atoms with van der Waals surface area (Å²) in [7, 11) is 6.67. The third-order valence-corrected chi connectivity index (χ3v) is 5.73. The molecule has 0 radical (unpaired) electrons. The lowest BCUT2D eigenvalue weighted by Crippen LogP contribution is -2.45. The standard InChI is InChI=1S/C21H27BrN2O4/c1-25-14-5-6-18(26-2)16(11-14)21(24-9-7-23-8-10-24)15-12-19(27-3)20(28-4)13-17(15)22/h5-6,11-13,21,23H,7-10H2,1-4H3. The molecule has 6 nitrogen and oxygen atoms in total. The maximum absolute atomic E-state index is 5.71. The van der Waals surface area contributed by atoms with E-state index in [1.165, 1.54) is 0 Å². The fourth-order valence-corrected chi connectivity index (χ4v) is 4.17. The molecule has 28 heavy (non-hydrogen) atoms. The van der Waals surface area contributed by atoms with Gasteiger partial charge in [0.15, 0.2) is 11.5 Å². The minimum atomic E-state index is -0.0265. The first-order valence-electron chi connectivity index (χ1n) is 9.21. The quantitative estimate of drug-likeness (QED) is 0.696. The number of benzene rings is 2. The monoisotopic (exact) mass is 450 g/mol. The number of nitrogens with one attached hydrogen (secondary N) is 1. The van der Waals surface area contributed by atoms with Gasteiger partial charge >= 0.3 is 0 Å². The molecule has 0 spiro atoms. The zero-order chi connectivity index (χ0) is 20.1. The number of hydrogen-bond acceptors (Lipinski definition) is 6. The van der Waals surface area contributed by atoms with E-state index in [2.05, 4.69) is 32.2 Å². The highest BCUT2D eigenvalue weighted by molar-refractivity contribution is 9.10. The van der Waals surface area contributed by atoms with E-state index in [9.17, 15) is 0 Å². The highest BCUT2D eigenvalue weighted by Gasteiger charge is 2.29. The Kier molecular flexibility index (Phi) is 7.04. The first-order chi connectivity index (χ1) is 13.6. The summed E-state index contributed by atoms with van der Waals surface area (Å²) >= 11 is 3.75. The summed E-state index contributed by atoms with van der Waals surface area (Å²) in [5.41, 5.74) is 2.14. The first-order valence-corrected chi connectivity index (χ1v) is 10.00. The van der Waals surface area contributed by atoms with E-state index in [4.69, 9.17) is 18.9 Å². The van der Waals surface area contributed by atoms with Crippen LogP contribution in [-0.2, 0) is 0 Å². The molecule has 1 aliphatic rings. The highest BCUT2D eigenvalue weighted by atomic mass is 79.9. The maximum atomic E-state index is 5.71. The number of hydrogen-bond donors (Lipinski definition) is 1. The first kappa shape index (κ1) is 20.8. The van der Waals surface area contributed by atoms with E-state index in [1.54, 1.807) is 28.4 Å². The maximum Gasteiger partial charge on any atom is 0.161 e. The highest BCUT2D eigenvalue weighted by Crippen LogP contribution is 2.43. The molecular formula is C21H27BrN2O4. The van der Waals surface area contributed by atoms with Gasteiger partial charge in [-0.1, -0.05) is 15.9 Å². The van der Waals surface area contributed by atoms with Crippen LogP contribution >= 0.6 is 15.9 Å². The van der Waals surface area contributed by atoms with Crippen molar-refractivity contribution in [1.29, 1.82) is 0 Å². The van der Waals surface area contributed by atoms with Gasteiger partial charge in [-0.05, 0) is 35.9 Å². The Hall–Kier alpha value is -1.96. The Labute approximate surface area is 174 Å². The van der Waals surface area contributed by atoms with Gasteiger partial charge in [-0.3, -0.25) is 4.90 Å². The Morgan fingerprint density at radius 1 is 0.821 bits per heavy atom. The average molecular weight is 451 g/mol. The topological polar surface area (TPSA) is 52.2 Å². The predicted octanol–water partition coefficient (Wildman–Crippen LogP) is 3.48.